The lowest BCUT2D eigenvalue weighted by Crippen LogP contribution is -2.38. The molecule has 0 radical (unpaired) electrons. The van der Waals surface area contributed by atoms with Crippen molar-refractivity contribution in [2.24, 2.45) is 4.99 Å². The van der Waals surface area contributed by atoms with Gasteiger partial charge in [-0.3, -0.25) is 4.99 Å². The molecule has 0 amide bonds. The maximum absolute atomic E-state index is 12.3. The van der Waals surface area contributed by atoms with Crippen molar-refractivity contribution in [2.75, 3.05) is 7.11 Å². The number of unbranched alkanes of at least 4 members (excludes halogenated alkanes) is 2. The van der Waals surface area contributed by atoms with Crippen LogP contribution in [0.4, 0.5) is 0 Å². The minimum absolute atomic E-state index is 0.211. The minimum atomic E-state index is -0.726. The first-order valence-corrected chi connectivity index (χ1v) is 7.87. The molecule has 3 nitrogen and oxygen atoms in total. The quantitative estimate of drug-likeness (QED) is 0.499. The highest BCUT2D eigenvalue weighted by Gasteiger charge is 2.37. The van der Waals surface area contributed by atoms with E-state index in [-0.39, 0.29) is 5.97 Å². The number of carbonyl (C=O) groups excluding carboxylic acids is 1. The van der Waals surface area contributed by atoms with E-state index in [4.69, 9.17) is 4.74 Å². The summed E-state index contributed by atoms with van der Waals surface area (Å²) >= 11 is 0. The first kappa shape index (κ1) is 17.4. The SMILES string of the molecule is CCCCC(CCCC)(/N=C/c1ccccc1)C(=O)OC. The van der Waals surface area contributed by atoms with Gasteiger partial charge < -0.3 is 4.74 Å². The number of methoxy groups -OCH3 is 1. The molecule has 0 saturated heterocycles. The van der Waals surface area contributed by atoms with E-state index in [1.807, 2.05) is 36.5 Å². The zero-order valence-corrected chi connectivity index (χ0v) is 13.5. The van der Waals surface area contributed by atoms with E-state index in [2.05, 4.69) is 18.8 Å². The van der Waals surface area contributed by atoms with Crippen LogP contribution in [0.1, 0.15) is 57.9 Å². The molecule has 1 aromatic rings. The molecular formula is C18H27NO2. The molecule has 21 heavy (non-hydrogen) atoms. The standard InChI is InChI=1S/C18H27NO2/c1-4-6-13-18(14-7-5-2,17(20)21-3)19-15-16-11-9-8-10-12-16/h8-12,15H,4-7,13-14H2,1-3H3/b19-15+. The molecule has 0 bridgehead atoms. The first-order chi connectivity index (χ1) is 10.2. The summed E-state index contributed by atoms with van der Waals surface area (Å²) in [6.45, 7) is 4.26. The second kappa shape index (κ2) is 9.32. The molecule has 0 spiro atoms. The summed E-state index contributed by atoms with van der Waals surface area (Å²) in [7, 11) is 1.45. The molecule has 3 heteroatoms. The molecule has 0 unspecified atom stereocenters. The fourth-order valence-electron chi connectivity index (χ4n) is 2.38. The predicted octanol–water partition coefficient (Wildman–Crippen LogP) is 4.40. The zero-order chi connectivity index (χ0) is 15.6. The van der Waals surface area contributed by atoms with Crippen molar-refractivity contribution in [1.82, 2.24) is 0 Å². The predicted molar refractivity (Wildman–Crippen MR) is 87.8 cm³/mol. The molecule has 0 aliphatic rings. The van der Waals surface area contributed by atoms with Gasteiger partial charge in [0.15, 0.2) is 5.54 Å². The number of carbonyl (C=O) groups is 1. The van der Waals surface area contributed by atoms with E-state index < -0.39 is 5.54 Å². The number of aliphatic imine (C=N–C) groups is 1. The third kappa shape index (κ3) is 5.33. The normalized spacial score (nSPS) is 11.8. The lowest BCUT2D eigenvalue weighted by Gasteiger charge is -2.27. The molecule has 0 fully saturated rings. The van der Waals surface area contributed by atoms with E-state index in [0.29, 0.717) is 0 Å². The van der Waals surface area contributed by atoms with E-state index >= 15 is 0 Å². The number of ether oxygens (including phenoxy) is 1. The summed E-state index contributed by atoms with van der Waals surface area (Å²) in [4.78, 5) is 17.0. The number of rotatable bonds is 9. The molecule has 0 heterocycles. The van der Waals surface area contributed by atoms with Crippen molar-refractivity contribution in [3.63, 3.8) is 0 Å². The topological polar surface area (TPSA) is 38.7 Å². The van der Waals surface area contributed by atoms with Crippen LogP contribution in [0.2, 0.25) is 0 Å². The van der Waals surface area contributed by atoms with Crippen LogP contribution in [-0.4, -0.2) is 24.8 Å². The number of hydrogen-bond donors (Lipinski definition) is 0. The van der Waals surface area contributed by atoms with Gasteiger partial charge in [0.25, 0.3) is 0 Å². The highest BCUT2D eigenvalue weighted by molar-refractivity contribution is 5.86. The third-order valence-electron chi connectivity index (χ3n) is 3.71. The summed E-state index contributed by atoms with van der Waals surface area (Å²) in [6.07, 6.45) is 7.36. The zero-order valence-electron chi connectivity index (χ0n) is 13.5. The second-order valence-electron chi connectivity index (χ2n) is 5.40. The van der Waals surface area contributed by atoms with Crippen LogP contribution < -0.4 is 0 Å². The number of nitrogens with zero attached hydrogens (tertiary/aromatic N) is 1. The average molecular weight is 289 g/mol. The van der Waals surface area contributed by atoms with Crippen molar-refractivity contribution in [1.29, 1.82) is 0 Å². The maximum Gasteiger partial charge on any atom is 0.333 e. The van der Waals surface area contributed by atoms with Crippen LogP contribution in [0.15, 0.2) is 35.3 Å². The van der Waals surface area contributed by atoms with Crippen LogP contribution in [0.25, 0.3) is 0 Å². The maximum atomic E-state index is 12.3. The minimum Gasteiger partial charge on any atom is -0.467 e. The van der Waals surface area contributed by atoms with Crippen LogP contribution >= 0.6 is 0 Å². The molecule has 0 N–H and O–H groups in total. The molecular weight excluding hydrogens is 262 g/mol. The van der Waals surface area contributed by atoms with Gasteiger partial charge >= 0.3 is 5.97 Å². The molecule has 0 aliphatic carbocycles. The molecule has 1 rings (SSSR count). The highest BCUT2D eigenvalue weighted by Crippen LogP contribution is 2.28. The molecule has 0 aromatic heterocycles. The fourth-order valence-corrected chi connectivity index (χ4v) is 2.38. The van der Waals surface area contributed by atoms with Crippen LogP contribution in [-0.2, 0) is 9.53 Å². The van der Waals surface area contributed by atoms with Crippen molar-refractivity contribution in [3.8, 4) is 0 Å². The molecule has 0 atom stereocenters. The summed E-state index contributed by atoms with van der Waals surface area (Å²) in [5.74, 6) is -0.211. The Morgan fingerprint density at radius 2 is 1.71 bits per heavy atom. The lowest BCUT2D eigenvalue weighted by atomic mass is 9.87. The molecule has 1 aromatic carbocycles. The highest BCUT2D eigenvalue weighted by atomic mass is 16.5. The Balaban J connectivity index is 3.01. The second-order valence-corrected chi connectivity index (χ2v) is 5.40. The third-order valence-corrected chi connectivity index (χ3v) is 3.71. The lowest BCUT2D eigenvalue weighted by molar-refractivity contribution is -0.147. The van der Waals surface area contributed by atoms with Gasteiger partial charge in [-0.05, 0) is 18.4 Å². The van der Waals surface area contributed by atoms with Gasteiger partial charge in [-0.15, -0.1) is 0 Å². The van der Waals surface area contributed by atoms with Gasteiger partial charge in [0, 0.05) is 6.21 Å². The molecule has 0 saturated carbocycles. The summed E-state index contributed by atoms with van der Waals surface area (Å²) in [6, 6.07) is 9.90. The van der Waals surface area contributed by atoms with E-state index in [1.165, 1.54) is 7.11 Å². The van der Waals surface area contributed by atoms with Crippen molar-refractivity contribution < 1.29 is 9.53 Å². The van der Waals surface area contributed by atoms with Crippen molar-refractivity contribution in [3.05, 3.63) is 35.9 Å². The number of benzene rings is 1. The largest absolute Gasteiger partial charge is 0.467 e. The molecule has 0 aliphatic heterocycles. The van der Waals surface area contributed by atoms with E-state index in [0.717, 1.165) is 44.1 Å². The van der Waals surface area contributed by atoms with Crippen LogP contribution in [0.3, 0.4) is 0 Å². The summed E-state index contributed by atoms with van der Waals surface area (Å²) in [5.41, 5.74) is 0.287. The van der Waals surface area contributed by atoms with Crippen LogP contribution in [0.5, 0.6) is 0 Å². The Bertz CT molecular complexity index is 432. The summed E-state index contributed by atoms with van der Waals surface area (Å²) < 4.78 is 5.05. The molecule has 116 valence electrons. The van der Waals surface area contributed by atoms with Gasteiger partial charge in [-0.1, -0.05) is 69.9 Å². The van der Waals surface area contributed by atoms with Gasteiger partial charge in [-0.25, -0.2) is 4.79 Å². The summed E-state index contributed by atoms with van der Waals surface area (Å²) in [5, 5.41) is 0. The van der Waals surface area contributed by atoms with Gasteiger partial charge in [0.2, 0.25) is 0 Å². The number of esters is 1. The van der Waals surface area contributed by atoms with Gasteiger partial charge in [-0.2, -0.15) is 0 Å². The average Bonchev–Trinajstić information content (AvgIpc) is 2.54. The van der Waals surface area contributed by atoms with Gasteiger partial charge in [0.1, 0.15) is 0 Å². The van der Waals surface area contributed by atoms with Crippen molar-refractivity contribution >= 4 is 12.2 Å². The van der Waals surface area contributed by atoms with E-state index in [1.54, 1.807) is 0 Å². The fraction of sp³-hybridized carbons (Fsp3) is 0.556. The van der Waals surface area contributed by atoms with E-state index in [9.17, 15) is 4.79 Å². The first-order valence-electron chi connectivity index (χ1n) is 7.87. The Kier molecular flexibility index (Phi) is 7.73. The Morgan fingerprint density at radius 3 is 2.19 bits per heavy atom. The Hall–Kier alpha value is -1.64. The Morgan fingerprint density at radius 1 is 1.14 bits per heavy atom. The Labute approximate surface area is 128 Å². The van der Waals surface area contributed by atoms with Crippen molar-refractivity contribution in [2.45, 2.75) is 57.9 Å². The smallest absolute Gasteiger partial charge is 0.333 e. The van der Waals surface area contributed by atoms with Crippen LogP contribution in [0, 0.1) is 0 Å². The number of hydrogen-bond acceptors (Lipinski definition) is 3. The monoisotopic (exact) mass is 289 g/mol. The van der Waals surface area contributed by atoms with Gasteiger partial charge in [0.05, 0.1) is 7.11 Å².